The molecule has 18 heavy (non-hydrogen) atoms. The average molecular weight is 321 g/mol. The summed E-state index contributed by atoms with van der Waals surface area (Å²) in [4.78, 5) is 0. The first kappa shape index (κ1) is 13.1. The van der Waals surface area contributed by atoms with E-state index in [1.807, 2.05) is 0 Å². The molecule has 0 atom stereocenters. The van der Waals surface area contributed by atoms with Gasteiger partial charge in [0.05, 0.1) is 12.3 Å². The first-order valence-corrected chi connectivity index (χ1v) is 5.73. The summed E-state index contributed by atoms with van der Waals surface area (Å²) in [6.07, 6.45) is -3.26. The fourth-order valence-electron chi connectivity index (χ4n) is 1.51. The number of hydrogen-bond acceptors (Lipinski definition) is 2. The van der Waals surface area contributed by atoms with E-state index in [4.69, 9.17) is 0 Å². The Morgan fingerprint density at radius 2 is 2.00 bits per heavy atom. The smallest absolute Gasteiger partial charge is 0.392 e. The van der Waals surface area contributed by atoms with Crippen molar-refractivity contribution in [2.75, 3.05) is 0 Å². The largest absolute Gasteiger partial charge is 0.435 e. The SMILES string of the molecule is OCc1cc(Br)ccc1-n1ccc(C(F)(F)F)n1. The number of aromatic nitrogens is 2. The van der Waals surface area contributed by atoms with Crippen molar-refractivity contribution in [1.82, 2.24) is 9.78 Å². The van der Waals surface area contributed by atoms with E-state index < -0.39 is 11.9 Å². The molecular weight excluding hydrogens is 313 g/mol. The maximum atomic E-state index is 12.4. The first-order chi connectivity index (χ1) is 8.41. The Hall–Kier alpha value is -1.34. The highest BCUT2D eigenvalue weighted by molar-refractivity contribution is 9.10. The first-order valence-electron chi connectivity index (χ1n) is 4.94. The molecule has 1 aromatic carbocycles. The predicted octanol–water partition coefficient (Wildman–Crippen LogP) is 3.15. The Labute approximate surface area is 109 Å². The lowest BCUT2D eigenvalue weighted by molar-refractivity contribution is -0.141. The molecule has 0 aliphatic heterocycles. The second-order valence-corrected chi connectivity index (χ2v) is 4.49. The summed E-state index contributed by atoms with van der Waals surface area (Å²) >= 11 is 3.23. The van der Waals surface area contributed by atoms with Crippen molar-refractivity contribution in [3.63, 3.8) is 0 Å². The molecule has 2 aromatic rings. The van der Waals surface area contributed by atoms with Gasteiger partial charge in [-0.05, 0) is 24.3 Å². The molecule has 3 nitrogen and oxygen atoms in total. The molecule has 96 valence electrons. The van der Waals surface area contributed by atoms with Crippen molar-refractivity contribution in [3.05, 3.63) is 46.2 Å². The molecule has 0 aliphatic carbocycles. The molecule has 0 saturated carbocycles. The third-order valence-electron chi connectivity index (χ3n) is 2.34. The van der Waals surface area contributed by atoms with E-state index in [9.17, 15) is 18.3 Å². The van der Waals surface area contributed by atoms with Crippen LogP contribution < -0.4 is 0 Å². The topological polar surface area (TPSA) is 38.0 Å². The Morgan fingerprint density at radius 1 is 1.28 bits per heavy atom. The monoisotopic (exact) mass is 320 g/mol. The molecule has 0 spiro atoms. The summed E-state index contributed by atoms with van der Waals surface area (Å²) in [5, 5.41) is 12.6. The van der Waals surface area contributed by atoms with Crippen LogP contribution in [-0.2, 0) is 12.8 Å². The number of halogens is 4. The molecule has 2 rings (SSSR count). The van der Waals surface area contributed by atoms with Crippen molar-refractivity contribution in [1.29, 1.82) is 0 Å². The summed E-state index contributed by atoms with van der Waals surface area (Å²) in [5.74, 6) is 0. The fraction of sp³-hybridized carbons (Fsp3) is 0.182. The molecular formula is C11H8BrF3N2O. The van der Waals surface area contributed by atoms with Crippen LogP contribution in [0.5, 0.6) is 0 Å². The minimum Gasteiger partial charge on any atom is -0.392 e. The van der Waals surface area contributed by atoms with E-state index in [2.05, 4.69) is 21.0 Å². The number of aliphatic hydroxyl groups is 1. The van der Waals surface area contributed by atoms with Gasteiger partial charge in [0.15, 0.2) is 5.69 Å². The molecule has 0 bridgehead atoms. The molecule has 1 aromatic heterocycles. The van der Waals surface area contributed by atoms with Crippen LogP contribution >= 0.6 is 15.9 Å². The number of nitrogens with zero attached hydrogens (tertiary/aromatic N) is 2. The molecule has 7 heteroatoms. The number of alkyl halides is 3. The quantitative estimate of drug-likeness (QED) is 0.923. The Bertz CT molecular complexity index is 566. The zero-order valence-corrected chi connectivity index (χ0v) is 10.5. The number of aliphatic hydroxyl groups excluding tert-OH is 1. The van der Waals surface area contributed by atoms with Crippen LogP contribution in [0.25, 0.3) is 5.69 Å². The van der Waals surface area contributed by atoms with Gasteiger partial charge in [0.1, 0.15) is 0 Å². The molecule has 0 radical (unpaired) electrons. The Kier molecular flexibility index (Phi) is 3.45. The van der Waals surface area contributed by atoms with Gasteiger partial charge in [-0.15, -0.1) is 0 Å². The number of rotatable bonds is 2. The molecule has 1 N–H and O–H groups in total. The molecule has 0 amide bonds. The highest BCUT2D eigenvalue weighted by Crippen LogP contribution is 2.28. The van der Waals surface area contributed by atoms with Gasteiger partial charge in [-0.25, -0.2) is 4.68 Å². The van der Waals surface area contributed by atoms with E-state index in [-0.39, 0.29) is 6.61 Å². The normalized spacial score (nSPS) is 11.8. The van der Waals surface area contributed by atoms with Crippen LogP contribution in [0, 0.1) is 0 Å². The molecule has 0 aliphatic rings. The minimum absolute atomic E-state index is 0.282. The third kappa shape index (κ3) is 2.56. The van der Waals surface area contributed by atoms with Crippen molar-refractivity contribution in [3.8, 4) is 5.69 Å². The lowest BCUT2D eigenvalue weighted by atomic mass is 10.2. The summed E-state index contributed by atoms with van der Waals surface area (Å²) in [6, 6.07) is 5.78. The summed E-state index contributed by atoms with van der Waals surface area (Å²) in [7, 11) is 0. The van der Waals surface area contributed by atoms with Gasteiger partial charge in [-0.2, -0.15) is 18.3 Å². The van der Waals surface area contributed by atoms with E-state index in [1.165, 1.54) is 6.20 Å². The molecule has 0 saturated heterocycles. The van der Waals surface area contributed by atoms with E-state index in [1.54, 1.807) is 18.2 Å². The van der Waals surface area contributed by atoms with Crippen LogP contribution in [0.2, 0.25) is 0 Å². The number of benzene rings is 1. The van der Waals surface area contributed by atoms with Gasteiger partial charge in [0.25, 0.3) is 0 Å². The average Bonchev–Trinajstić information content (AvgIpc) is 2.77. The van der Waals surface area contributed by atoms with Crippen LogP contribution in [0.3, 0.4) is 0 Å². The van der Waals surface area contributed by atoms with Crippen molar-refractivity contribution < 1.29 is 18.3 Å². The van der Waals surface area contributed by atoms with E-state index in [0.29, 0.717) is 11.3 Å². The zero-order valence-electron chi connectivity index (χ0n) is 8.95. The van der Waals surface area contributed by atoms with Crippen LogP contribution in [0.15, 0.2) is 34.9 Å². The van der Waals surface area contributed by atoms with Crippen LogP contribution in [0.1, 0.15) is 11.3 Å². The van der Waals surface area contributed by atoms with Gasteiger partial charge in [0, 0.05) is 16.2 Å². The molecule has 0 unspecified atom stereocenters. The lowest BCUT2D eigenvalue weighted by Crippen LogP contribution is -2.08. The second-order valence-electron chi connectivity index (χ2n) is 3.57. The van der Waals surface area contributed by atoms with Crippen LogP contribution in [-0.4, -0.2) is 14.9 Å². The van der Waals surface area contributed by atoms with Crippen molar-refractivity contribution in [2.45, 2.75) is 12.8 Å². The molecule has 0 fully saturated rings. The highest BCUT2D eigenvalue weighted by atomic mass is 79.9. The summed E-state index contributed by atoms with van der Waals surface area (Å²) < 4.78 is 39.1. The molecule has 1 heterocycles. The van der Waals surface area contributed by atoms with Gasteiger partial charge in [-0.1, -0.05) is 15.9 Å². The number of hydrogen-bond donors (Lipinski definition) is 1. The van der Waals surface area contributed by atoms with Gasteiger partial charge < -0.3 is 5.11 Å². The summed E-state index contributed by atoms with van der Waals surface area (Å²) in [6.45, 7) is -0.282. The maximum absolute atomic E-state index is 12.4. The Morgan fingerprint density at radius 3 is 2.56 bits per heavy atom. The van der Waals surface area contributed by atoms with Crippen LogP contribution in [0.4, 0.5) is 13.2 Å². The minimum atomic E-state index is -4.47. The maximum Gasteiger partial charge on any atom is 0.435 e. The standard InChI is InChI=1S/C11H8BrF3N2O/c12-8-1-2-9(7(5-8)6-18)17-4-3-10(16-17)11(13,14)15/h1-5,18H,6H2. The lowest BCUT2D eigenvalue weighted by Gasteiger charge is -2.08. The van der Waals surface area contributed by atoms with Gasteiger partial charge in [0.2, 0.25) is 0 Å². The third-order valence-corrected chi connectivity index (χ3v) is 2.83. The fourth-order valence-corrected chi connectivity index (χ4v) is 1.92. The predicted molar refractivity (Wildman–Crippen MR) is 62.2 cm³/mol. The highest BCUT2D eigenvalue weighted by Gasteiger charge is 2.33. The van der Waals surface area contributed by atoms with Crippen molar-refractivity contribution in [2.24, 2.45) is 0 Å². The van der Waals surface area contributed by atoms with E-state index in [0.717, 1.165) is 15.2 Å². The zero-order chi connectivity index (χ0) is 13.3. The van der Waals surface area contributed by atoms with Gasteiger partial charge >= 0.3 is 6.18 Å². The van der Waals surface area contributed by atoms with Crippen molar-refractivity contribution >= 4 is 15.9 Å². The summed E-state index contributed by atoms with van der Waals surface area (Å²) in [5.41, 5.74) is -0.0632. The van der Waals surface area contributed by atoms with Gasteiger partial charge in [-0.3, -0.25) is 0 Å². The Balaban J connectivity index is 2.46. The van der Waals surface area contributed by atoms with E-state index >= 15 is 0 Å². The second kappa shape index (κ2) is 4.74.